The van der Waals surface area contributed by atoms with Crippen molar-refractivity contribution in [3.8, 4) is 5.88 Å². The van der Waals surface area contributed by atoms with Gasteiger partial charge in [0.2, 0.25) is 0 Å². The molecule has 1 aromatic rings. The van der Waals surface area contributed by atoms with Crippen LogP contribution in [0.2, 0.25) is 0 Å². The van der Waals surface area contributed by atoms with Gasteiger partial charge in [-0.15, -0.1) is 0 Å². The normalized spacial score (nSPS) is 26.8. The van der Waals surface area contributed by atoms with E-state index >= 15 is 0 Å². The van der Waals surface area contributed by atoms with Gasteiger partial charge in [0.05, 0.1) is 6.54 Å². The molecule has 0 aromatic carbocycles. The van der Waals surface area contributed by atoms with Gasteiger partial charge in [0, 0.05) is 31.1 Å². The molecule has 3 heterocycles. The maximum atomic E-state index is 11.6. The van der Waals surface area contributed by atoms with E-state index in [1.165, 1.54) is 0 Å². The Bertz CT molecular complexity index is 487. The Morgan fingerprint density at radius 2 is 2.33 bits per heavy atom. The first-order chi connectivity index (χ1) is 8.63. The summed E-state index contributed by atoms with van der Waals surface area (Å²) in [5.74, 6) is -0.203. The Labute approximate surface area is 104 Å². The predicted molar refractivity (Wildman–Crippen MR) is 61.5 cm³/mol. The third-order valence-electron chi connectivity index (χ3n) is 3.43. The number of aromatic nitrogens is 1. The maximum Gasteiger partial charge on any atom is 0.321 e. The molecule has 1 saturated heterocycles. The summed E-state index contributed by atoms with van der Waals surface area (Å²) in [7, 11) is 0. The highest BCUT2D eigenvalue weighted by Gasteiger charge is 2.32. The summed E-state index contributed by atoms with van der Waals surface area (Å²) in [5, 5.41) is 12.0. The van der Waals surface area contributed by atoms with Gasteiger partial charge >= 0.3 is 5.97 Å². The van der Waals surface area contributed by atoms with Crippen molar-refractivity contribution in [1.82, 2.24) is 9.88 Å². The summed E-state index contributed by atoms with van der Waals surface area (Å²) >= 11 is 0. The van der Waals surface area contributed by atoms with Crippen LogP contribution in [0.1, 0.15) is 24.4 Å². The van der Waals surface area contributed by atoms with Crippen LogP contribution in [0.3, 0.4) is 0 Å². The third-order valence-corrected chi connectivity index (χ3v) is 3.43. The molecule has 0 bridgehead atoms. The van der Waals surface area contributed by atoms with E-state index < -0.39 is 12.0 Å². The minimum atomic E-state index is -0.976. The number of hydrogen-bond donors (Lipinski definition) is 2. The number of piperidine rings is 1. The number of ether oxygens (including phenoxy) is 1. The molecule has 1 fully saturated rings. The average molecular weight is 250 g/mol. The first-order valence-electron chi connectivity index (χ1n) is 5.97. The van der Waals surface area contributed by atoms with E-state index in [2.05, 4.69) is 5.32 Å². The second-order valence-electron chi connectivity index (χ2n) is 4.71. The van der Waals surface area contributed by atoms with E-state index in [1.807, 2.05) is 16.8 Å². The zero-order valence-corrected chi connectivity index (χ0v) is 9.76. The van der Waals surface area contributed by atoms with Gasteiger partial charge in [-0.05, 0) is 5.56 Å². The van der Waals surface area contributed by atoms with E-state index in [4.69, 9.17) is 9.84 Å². The number of hydrogen-bond acceptors (Lipinski definition) is 4. The molecule has 18 heavy (non-hydrogen) atoms. The van der Waals surface area contributed by atoms with Crippen LogP contribution in [0.15, 0.2) is 12.3 Å². The average Bonchev–Trinajstić information content (AvgIpc) is 2.87. The van der Waals surface area contributed by atoms with Gasteiger partial charge in [-0.3, -0.25) is 14.9 Å². The molecule has 3 rings (SSSR count). The minimum absolute atomic E-state index is 0.0153. The third kappa shape index (κ3) is 1.88. The fraction of sp³-hybridized carbons (Fsp3) is 0.500. The number of nitrogens with one attached hydrogen (secondary N) is 1. The van der Waals surface area contributed by atoms with Crippen molar-refractivity contribution in [3.63, 3.8) is 0 Å². The molecule has 2 aliphatic rings. The molecule has 0 amide bonds. The van der Waals surface area contributed by atoms with Gasteiger partial charge in [-0.2, -0.15) is 0 Å². The van der Waals surface area contributed by atoms with E-state index in [-0.39, 0.29) is 18.2 Å². The highest BCUT2D eigenvalue weighted by Crippen LogP contribution is 2.30. The quantitative estimate of drug-likeness (QED) is 0.790. The number of carboxylic acids is 1. The summed E-state index contributed by atoms with van der Waals surface area (Å²) in [6.45, 7) is 1.47. The van der Waals surface area contributed by atoms with Gasteiger partial charge in [0.15, 0.2) is 5.88 Å². The first kappa shape index (κ1) is 11.3. The van der Waals surface area contributed by atoms with Crippen LogP contribution in [0.4, 0.5) is 0 Å². The fourth-order valence-corrected chi connectivity index (χ4v) is 2.52. The van der Waals surface area contributed by atoms with Crippen molar-refractivity contribution in [2.45, 2.75) is 31.5 Å². The molecule has 0 spiro atoms. The lowest BCUT2D eigenvalue weighted by Gasteiger charge is -2.27. The van der Waals surface area contributed by atoms with Gasteiger partial charge in [-0.25, -0.2) is 0 Å². The SMILES string of the molecule is O=C1CC(C(=O)O)NC(c2cc3n(c2)CCO3)C1. The number of fused-ring (bicyclic) bond motifs is 1. The number of carboxylic acid groups (broad SMARTS) is 1. The minimum Gasteiger partial charge on any atom is -0.480 e. The Morgan fingerprint density at radius 1 is 1.50 bits per heavy atom. The van der Waals surface area contributed by atoms with Crippen molar-refractivity contribution in [2.24, 2.45) is 0 Å². The monoisotopic (exact) mass is 250 g/mol. The lowest BCUT2D eigenvalue weighted by molar-refractivity contribution is -0.143. The number of ketones is 1. The van der Waals surface area contributed by atoms with E-state index in [9.17, 15) is 9.59 Å². The molecular weight excluding hydrogens is 236 g/mol. The molecule has 1 aromatic heterocycles. The van der Waals surface area contributed by atoms with Crippen LogP contribution in [0.5, 0.6) is 5.88 Å². The summed E-state index contributed by atoms with van der Waals surface area (Å²) in [5.41, 5.74) is 0.920. The molecule has 0 saturated carbocycles. The van der Waals surface area contributed by atoms with Crippen molar-refractivity contribution in [1.29, 1.82) is 0 Å². The maximum absolute atomic E-state index is 11.6. The van der Waals surface area contributed by atoms with Gasteiger partial charge in [0.25, 0.3) is 0 Å². The van der Waals surface area contributed by atoms with Crippen LogP contribution in [0, 0.1) is 0 Å². The van der Waals surface area contributed by atoms with E-state index in [1.54, 1.807) is 0 Å². The standard InChI is InChI=1S/C12H14N2O4/c15-8-4-9(13-10(5-8)12(16)17)7-3-11-14(6-7)1-2-18-11/h3,6,9-10,13H,1-2,4-5H2,(H,16,17). The number of nitrogens with zero attached hydrogens (tertiary/aromatic N) is 1. The van der Waals surface area contributed by atoms with Crippen molar-refractivity contribution < 1.29 is 19.4 Å². The Balaban J connectivity index is 1.82. The molecule has 6 nitrogen and oxygen atoms in total. The highest BCUT2D eigenvalue weighted by molar-refractivity contribution is 5.87. The smallest absolute Gasteiger partial charge is 0.321 e. The molecule has 0 aliphatic carbocycles. The fourth-order valence-electron chi connectivity index (χ4n) is 2.52. The van der Waals surface area contributed by atoms with Crippen molar-refractivity contribution in [2.75, 3.05) is 6.61 Å². The topological polar surface area (TPSA) is 80.6 Å². The van der Waals surface area contributed by atoms with Crippen LogP contribution in [-0.4, -0.2) is 34.1 Å². The Hall–Kier alpha value is -1.82. The van der Waals surface area contributed by atoms with Gasteiger partial charge in [-0.1, -0.05) is 0 Å². The summed E-state index contributed by atoms with van der Waals surface area (Å²) < 4.78 is 7.38. The largest absolute Gasteiger partial charge is 0.480 e. The second kappa shape index (κ2) is 4.13. The van der Waals surface area contributed by atoms with Crippen LogP contribution in [-0.2, 0) is 16.1 Å². The molecule has 2 unspecified atom stereocenters. The van der Waals surface area contributed by atoms with Gasteiger partial charge < -0.3 is 14.4 Å². The zero-order valence-electron chi connectivity index (χ0n) is 9.76. The molecule has 2 atom stereocenters. The number of Topliss-reactive ketones (excluding diaryl/α,β-unsaturated/α-hetero) is 1. The van der Waals surface area contributed by atoms with E-state index in [0.717, 1.165) is 18.0 Å². The van der Waals surface area contributed by atoms with Gasteiger partial charge in [0.1, 0.15) is 18.4 Å². The van der Waals surface area contributed by atoms with Crippen molar-refractivity contribution >= 4 is 11.8 Å². The summed E-state index contributed by atoms with van der Waals surface area (Å²) in [6, 6.07) is 0.864. The molecule has 0 radical (unpaired) electrons. The molecule has 96 valence electrons. The lowest BCUT2D eigenvalue weighted by Crippen LogP contribution is -2.45. The number of aliphatic carboxylic acids is 1. The Morgan fingerprint density at radius 3 is 3.06 bits per heavy atom. The van der Waals surface area contributed by atoms with Crippen molar-refractivity contribution in [3.05, 3.63) is 17.8 Å². The molecule has 2 aliphatic heterocycles. The highest BCUT2D eigenvalue weighted by atomic mass is 16.5. The number of rotatable bonds is 2. The summed E-state index contributed by atoms with van der Waals surface area (Å²) in [6.07, 6.45) is 2.33. The first-order valence-corrected chi connectivity index (χ1v) is 5.97. The Kier molecular flexibility index (Phi) is 2.59. The summed E-state index contributed by atoms with van der Waals surface area (Å²) in [4.78, 5) is 22.6. The molecular formula is C12H14N2O4. The zero-order chi connectivity index (χ0) is 12.7. The number of carbonyl (C=O) groups is 2. The number of carbonyl (C=O) groups excluding carboxylic acids is 1. The molecule has 2 N–H and O–H groups in total. The van der Waals surface area contributed by atoms with E-state index in [0.29, 0.717) is 13.0 Å². The van der Waals surface area contributed by atoms with Crippen LogP contribution >= 0.6 is 0 Å². The lowest BCUT2D eigenvalue weighted by atomic mass is 9.94. The predicted octanol–water partition coefficient (Wildman–Crippen LogP) is 0.327. The second-order valence-corrected chi connectivity index (χ2v) is 4.71. The van der Waals surface area contributed by atoms with Crippen LogP contribution < -0.4 is 10.1 Å². The molecule has 6 heteroatoms. The van der Waals surface area contributed by atoms with Crippen LogP contribution in [0.25, 0.3) is 0 Å².